The lowest BCUT2D eigenvalue weighted by Crippen LogP contribution is -2.41. The van der Waals surface area contributed by atoms with E-state index in [2.05, 4.69) is 5.32 Å². The SMILES string of the molecule is COC(=O)C1=C(C)NC(=O)[C@H](C#N)[C@H]1c1cccc([N+](=O)[O-])c1. The minimum Gasteiger partial charge on any atom is -0.466 e. The van der Waals surface area contributed by atoms with Crippen molar-refractivity contribution in [3.05, 3.63) is 51.2 Å². The first kappa shape index (κ1) is 16.2. The van der Waals surface area contributed by atoms with Gasteiger partial charge in [0.2, 0.25) is 5.91 Å². The predicted molar refractivity (Wildman–Crippen MR) is 77.8 cm³/mol. The number of carbonyl (C=O) groups excluding carboxylic acids is 2. The summed E-state index contributed by atoms with van der Waals surface area (Å²) in [5, 5.41) is 22.7. The molecule has 0 bridgehead atoms. The van der Waals surface area contributed by atoms with Crippen LogP contribution in [0.25, 0.3) is 0 Å². The number of nitrogens with one attached hydrogen (secondary N) is 1. The Morgan fingerprint density at radius 3 is 2.74 bits per heavy atom. The Morgan fingerprint density at radius 2 is 2.17 bits per heavy atom. The molecule has 1 aliphatic heterocycles. The quantitative estimate of drug-likeness (QED) is 0.511. The monoisotopic (exact) mass is 315 g/mol. The number of hydrogen-bond acceptors (Lipinski definition) is 6. The molecule has 0 radical (unpaired) electrons. The van der Waals surface area contributed by atoms with E-state index in [1.54, 1.807) is 0 Å². The van der Waals surface area contributed by atoms with Crippen LogP contribution in [0.5, 0.6) is 0 Å². The standard InChI is InChI=1S/C15H13N3O5/c1-8-12(15(20)23-2)13(11(7-16)14(19)17-8)9-4-3-5-10(6-9)18(21)22/h3-6,11,13H,1-2H3,(H,17,19)/t11-,13-/m1/s1. The first-order chi connectivity index (χ1) is 10.9. The molecule has 1 heterocycles. The molecule has 0 aliphatic carbocycles. The number of nitro groups is 1. The zero-order chi connectivity index (χ0) is 17.1. The molecule has 23 heavy (non-hydrogen) atoms. The predicted octanol–water partition coefficient (Wildman–Crippen LogP) is 1.39. The number of benzene rings is 1. The minimum atomic E-state index is -1.19. The van der Waals surface area contributed by atoms with Gasteiger partial charge in [-0.1, -0.05) is 12.1 Å². The van der Waals surface area contributed by atoms with E-state index < -0.39 is 28.6 Å². The summed E-state index contributed by atoms with van der Waals surface area (Å²) in [5.41, 5.74) is 0.524. The molecule has 0 unspecified atom stereocenters. The number of rotatable bonds is 3. The fourth-order valence-corrected chi connectivity index (χ4v) is 2.60. The number of non-ortho nitro benzene ring substituents is 1. The summed E-state index contributed by atoms with van der Waals surface area (Å²) in [6, 6.07) is 7.39. The molecule has 1 aliphatic rings. The fourth-order valence-electron chi connectivity index (χ4n) is 2.60. The Morgan fingerprint density at radius 1 is 1.48 bits per heavy atom. The maximum Gasteiger partial charge on any atom is 0.336 e. The van der Waals surface area contributed by atoms with Gasteiger partial charge in [-0.25, -0.2) is 4.79 Å². The molecular weight excluding hydrogens is 302 g/mol. The van der Waals surface area contributed by atoms with Gasteiger partial charge in [0.15, 0.2) is 0 Å². The molecule has 1 amide bonds. The molecular formula is C15H13N3O5. The molecule has 1 aromatic rings. The van der Waals surface area contributed by atoms with Crippen molar-refractivity contribution in [3.63, 3.8) is 0 Å². The van der Waals surface area contributed by atoms with Crippen LogP contribution in [0.4, 0.5) is 5.69 Å². The van der Waals surface area contributed by atoms with Gasteiger partial charge in [0.1, 0.15) is 5.92 Å². The van der Waals surface area contributed by atoms with Gasteiger partial charge in [-0.3, -0.25) is 14.9 Å². The average molecular weight is 315 g/mol. The van der Waals surface area contributed by atoms with Crippen molar-refractivity contribution in [2.75, 3.05) is 7.11 Å². The topological polar surface area (TPSA) is 122 Å². The second-order valence-corrected chi connectivity index (χ2v) is 4.96. The second kappa shape index (κ2) is 6.27. The van der Waals surface area contributed by atoms with E-state index >= 15 is 0 Å². The largest absolute Gasteiger partial charge is 0.466 e. The van der Waals surface area contributed by atoms with Crippen molar-refractivity contribution in [2.24, 2.45) is 5.92 Å². The molecule has 0 aromatic heterocycles. The van der Waals surface area contributed by atoms with Crippen LogP contribution in [0, 0.1) is 27.4 Å². The highest BCUT2D eigenvalue weighted by molar-refractivity contribution is 5.97. The zero-order valence-corrected chi connectivity index (χ0v) is 12.4. The number of methoxy groups -OCH3 is 1. The number of allylic oxidation sites excluding steroid dienone is 1. The molecule has 118 valence electrons. The number of hydrogen-bond donors (Lipinski definition) is 1. The van der Waals surface area contributed by atoms with Gasteiger partial charge in [0.05, 0.1) is 23.7 Å². The Bertz CT molecular complexity index is 763. The van der Waals surface area contributed by atoms with Crippen LogP contribution in [0.1, 0.15) is 18.4 Å². The third-order valence-corrected chi connectivity index (χ3v) is 3.63. The highest BCUT2D eigenvalue weighted by Crippen LogP contribution is 2.38. The van der Waals surface area contributed by atoms with Crippen molar-refractivity contribution in [2.45, 2.75) is 12.8 Å². The van der Waals surface area contributed by atoms with Crippen LogP contribution < -0.4 is 5.32 Å². The first-order valence-electron chi connectivity index (χ1n) is 6.64. The van der Waals surface area contributed by atoms with Crippen molar-refractivity contribution in [1.82, 2.24) is 5.32 Å². The third-order valence-electron chi connectivity index (χ3n) is 3.63. The minimum absolute atomic E-state index is 0.110. The molecule has 2 atom stereocenters. The van der Waals surface area contributed by atoms with Crippen LogP contribution >= 0.6 is 0 Å². The maximum absolute atomic E-state index is 12.1. The third kappa shape index (κ3) is 2.89. The molecule has 2 rings (SSSR count). The molecule has 1 N–H and O–H groups in total. The van der Waals surface area contributed by atoms with E-state index in [0.717, 1.165) is 0 Å². The van der Waals surface area contributed by atoms with E-state index in [0.29, 0.717) is 5.56 Å². The number of nitriles is 1. The lowest BCUT2D eigenvalue weighted by Gasteiger charge is -2.29. The number of nitro benzene ring substituents is 1. The Kier molecular flexibility index (Phi) is 4.41. The van der Waals surface area contributed by atoms with E-state index in [1.165, 1.54) is 38.3 Å². The van der Waals surface area contributed by atoms with E-state index in [9.17, 15) is 25.0 Å². The Labute approximate surface area is 131 Å². The van der Waals surface area contributed by atoms with Crippen LogP contribution in [-0.2, 0) is 14.3 Å². The molecule has 1 aromatic carbocycles. The van der Waals surface area contributed by atoms with E-state index in [1.807, 2.05) is 6.07 Å². The average Bonchev–Trinajstić information content (AvgIpc) is 2.53. The van der Waals surface area contributed by atoms with Gasteiger partial charge in [-0.2, -0.15) is 5.26 Å². The normalized spacial score (nSPS) is 20.5. The van der Waals surface area contributed by atoms with Crippen molar-refractivity contribution >= 4 is 17.6 Å². The Hall–Kier alpha value is -3.21. The number of nitrogens with zero attached hydrogens (tertiary/aromatic N) is 2. The van der Waals surface area contributed by atoms with Crippen LogP contribution in [0.3, 0.4) is 0 Å². The molecule has 8 nitrogen and oxygen atoms in total. The Balaban J connectivity index is 2.66. The van der Waals surface area contributed by atoms with Crippen molar-refractivity contribution < 1.29 is 19.2 Å². The highest BCUT2D eigenvalue weighted by atomic mass is 16.6. The summed E-state index contributed by atoms with van der Waals surface area (Å²) < 4.78 is 4.73. The summed E-state index contributed by atoms with van der Waals surface area (Å²) in [6.07, 6.45) is 0. The fraction of sp³-hybridized carbons (Fsp3) is 0.267. The summed E-state index contributed by atoms with van der Waals surface area (Å²) in [5.74, 6) is -3.37. The number of ether oxygens (including phenoxy) is 1. The lowest BCUT2D eigenvalue weighted by molar-refractivity contribution is -0.384. The molecule has 0 fully saturated rings. The lowest BCUT2D eigenvalue weighted by atomic mass is 9.77. The van der Waals surface area contributed by atoms with Gasteiger partial charge in [0.25, 0.3) is 5.69 Å². The number of amides is 1. The van der Waals surface area contributed by atoms with Gasteiger partial charge >= 0.3 is 5.97 Å². The summed E-state index contributed by atoms with van der Waals surface area (Å²) in [4.78, 5) is 34.5. The summed E-state index contributed by atoms with van der Waals surface area (Å²) in [7, 11) is 1.19. The first-order valence-corrected chi connectivity index (χ1v) is 6.64. The summed E-state index contributed by atoms with van der Waals surface area (Å²) >= 11 is 0. The van der Waals surface area contributed by atoms with Gasteiger partial charge in [-0.15, -0.1) is 0 Å². The van der Waals surface area contributed by atoms with E-state index in [-0.39, 0.29) is 17.0 Å². The molecule has 8 heteroatoms. The molecule has 0 saturated heterocycles. The number of esters is 1. The smallest absolute Gasteiger partial charge is 0.336 e. The van der Waals surface area contributed by atoms with Crippen molar-refractivity contribution in [3.8, 4) is 6.07 Å². The maximum atomic E-state index is 12.1. The number of carbonyl (C=O) groups is 2. The molecule has 0 spiro atoms. The van der Waals surface area contributed by atoms with Crippen LogP contribution in [0.15, 0.2) is 35.5 Å². The van der Waals surface area contributed by atoms with Gasteiger partial charge < -0.3 is 10.1 Å². The second-order valence-electron chi connectivity index (χ2n) is 4.96. The van der Waals surface area contributed by atoms with Crippen LogP contribution in [0.2, 0.25) is 0 Å². The van der Waals surface area contributed by atoms with E-state index in [4.69, 9.17) is 4.74 Å². The zero-order valence-electron chi connectivity index (χ0n) is 12.4. The molecule has 0 saturated carbocycles. The highest BCUT2D eigenvalue weighted by Gasteiger charge is 2.41. The summed E-state index contributed by atoms with van der Waals surface area (Å²) in [6.45, 7) is 1.52. The van der Waals surface area contributed by atoms with Crippen LogP contribution in [-0.4, -0.2) is 23.9 Å². The van der Waals surface area contributed by atoms with Crippen molar-refractivity contribution in [1.29, 1.82) is 5.26 Å². The van der Waals surface area contributed by atoms with Gasteiger partial charge in [0, 0.05) is 23.7 Å². The van der Waals surface area contributed by atoms with Gasteiger partial charge in [-0.05, 0) is 12.5 Å².